The summed E-state index contributed by atoms with van der Waals surface area (Å²) in [5.74, 6) is 1.43. The minimum atomic E-state index is 0.222. The van der Waals surface area contributed by atoms with Crippen LogP contribution in [-0.2, 0) is 11.2 Å². The number of H-pyrrole nitrogens is 1. The first kappa shape index (κ1) is 17.6. The van der Waals surface area contributed by atoms with E-state index < -0.39 is 0 Å². The van der Waals surface area contributed by atoms with Gasteiger partial charge in [0.25, 0.3) is 0 Å². The summed E-state index contributed by atoms with van der Waals surface area (Å²) in [7, 11) is 1.67. The van der Waals surface area contributed by atoms with E-state index in [1.165, 1.54) is 5.69 Å². The van der Waals surface area contributed by atoms with Gasteiger partial charge in [0.1, 0.15) is 5.75 Å². The lowest BCUT2D eigenvalue weighted by Crippen LogP contribution is -2.39. The number of carbonyl (C=O) groups excluding carboxylic acids is 1. The van der Waals surface area contributed by atoms with E-state index in [2.05, 4.69) is 16.0 Å². The molecule has 0 bridgehead atoms. The smallest absolute Gasteiger partial charge is 0.222 e. The van der Waals surface area contributed by atoms with Crippen LogP contribution in [0.5, 0.6) is 5.75 Å². The van der Waals surface area contributed by atoms with Crippen molar-refractivity contribution in [1.82, 2.24) is 14.9 Å². The number of nitrogens with zero attached hydrogens (tertiary/aromatic N) is 2. The number of hydrogen-bond donors (Lipinski definition) is 1. The second-order valence-electron chi connectivity index (χ2n) is 7.15. The zero-order chi connectivity index (χ0) is 18.6. The molecule has 1 amide bonds. The fraction of sp³-hybridized carbons (Fsp3) is 0.364. The molecule has 5 heteroatoms. The lowest BCUT2D eigenvalue weighted by molar-refractivity contribution is -0.132. The van der Waals surface area contributed by atoms with Gasteiger partial charge < -0.3 is 14.6 Å². The molecule has 27 heavy (non-hydrogen) atoms. The highest BCUT2D eigenvalue weighted by Crippen LogP contribution is 2.29. The number of pyridine rings is 1. The lowest BCUT2D eigenvalue weighted by atomic mass is 9.94. The standard InChI is InChI=1S/C22H25N3O2/c1-27-21-9-3-2-6-16(21)10-11-22(26)25-13-5-7-17(15-25)19-14-20-18(24-19)8-4-12-23-20/h2-4,6,8-9,12,14,17,24H,5,7,10-11,13,15H2,1H3/t17-/m1/s1. The van der Waals surface area contributed by atoms with Crippen LogP contribution in [0.1, 0.15) is 36.4 Å². The molecule has 3 heterocycles. The van der Waals surface area contributed by atoms with Gasteiger partial charge in [0.2, 0.25) is 5.91 Å². The Bertz CT molecular complexity index is 901. The lowest BCUT2D eigenvalue weighted by Gasteiger charge is -2.32. The van der Waals surface area contributed by atoms with Crippen molar-refractivity contribution >= 4 is 16.9 Å². The second-order valence-corrected chi connectivity index (χ2v) is 7.15. The number of carbonyl (C=O) groups is 1. The van der Waals surface area contributed by atoms with Crippen molar-refractivity contribution in [3.8, 4) is 5.75 Å². The fourth-order valence-electron chi connectivity index (χ4n) is 3.96. The van der Waals surface area contributed by atoms with Crippen molar-refractivity contribution < 1.29 is 9.53 Å². The molecular formula is C22H25N3O2. The maximum atomic E-state index is 12.8. The van der Waals surface area contributed by atoms with Crippen LogP contribution in [0.2, 0.25) is 0 Å². The van der Waals surface area contributed by atoms with Crippen LogP contribution in [0.4, 0.5) is 0 Å². The van der Waals surface area contributed by atoms with Gasteiger partial charge in [-0.3, -0.25) is 9.78 Å². The van der Waals surface area contributed by atoms with Gasteiger partial charge in [0.05, 0.1) is 18.1 Å². The summed E-state index contributed by atoms with van der Waals surface area (Å²) >= 11 is 0. The van der Waals surface area contributed by atoms with Crippen molar-refractivity contribution in [2.24, 2.45) is 0 Å². The summed E-state index contributed by atoms with van der Waals surface area (Å²) in [6, 6.07) is 14.0. The molecule has 4 rings (SSSR count). The van der Waals surface area contributed by atoms with E-state index in [1.54, 1.807) is 7.11 Å². The van der Waals surface area contributed by atoms with Crippen molar-refractivity contribution in [2.45, 2.75) is 31.6 Å². The fourth-order valence-corrected chi connectivity index (χ4v) is 3.96. The normalized spacial score (nSPS) is 17.2. The Kier molecular flexibility index (Phi) is 5.10. The van der Waals surface area contributed by atoms with E-state index in [-0.39, 0.29) is 5.91 Å². The molecule has 1 atom stereocenters. The number of likely N-dealkylation sites (tertiary alicyclic amines) is 1. The highest BCUT2D eigenvalue weighted by Gasteiger charge is 2.25. The third-order valence-electron chi connectivity index (χ3n) is 5.42. The Morgan fingerprint density at radius 1 is 1.30 bits per heavy atom. The van der Waals surface area contributed by atoms with Crippen LogP contribution in [0.15, 0.2) is 48.7 Å². The molecule has 0 spiro atoms. The van der Waals surface area contributed by atoms with Crippen molar-refractivity contribution in [3.63, 3.8) is 0 Å². The molecule has 0 unspecified atom stereocenters. The number of aromatic nitrogens is 2. The number of aryl methyl sites for hydroxylation is 1. The maximum absolute atomic E-state index is 12.8. The maximum Gasteiger partial charge on any atom is 0.222 e. The van der Waals surface area contributed by atoms with E-state index in [9.17, 15) is 4.79 Å². The Balaban J connectivity index is 1.40. The van der Waals surface area contributed by atoms with E-state index in [4.69, 9.17) is 4.74 Å². The van der Waals surface area contributed by atoms with Gasteiger partial charge in [-0.1, -0.05) is 18.2 Å². The molecule has 5 nitrogen and oxygen atoms in total. The zero-order valence-electron chi connectivity index (χ0n) is 15.6. The van der Waals surface area contributed by atoms with Crippen molar-refractivity contribution in [2.75, 3.05) is 20.2 Å². The summed E-state index contributed by atoms with van der Waals surface area (Å²) in [6.45, 7) is 1.62. The monoisotopic (exact) mass is 363 g/mol. The molecule has 1 aliphatic rings. The average molecular weight is 363 g/mol. The van der Waals surface area contributed by atoms with Gasteiger partial charge in [-0.25, -0.2) is 0 Å². The summed E-state index contributed by atoms with van der Waals surface area (Å²) < 4.78 is 5.39. The van der Waals surface area contributed by atoms with E-state index >= 15 is 0 Å². The first-order valence-corrected chi connectivity index (χ1v) is 9.58. The van der Waals surface area contributed by atoms with Gasteiger partial charge >= 0.3 is 0 Å². The number of rotatable bonds is 5. The highest BCUT2D eigenvalue weighted by atomic mass is 16.5. The Morgan fingerprint density at radius 2 is 2.19 bits per heavy atom. The number of hydrogen-bond acceptors (Lipinski definition) is 3. The average Bonchev–Trinajstić information content (AvgIpc) is 3.16. The summed E-state index contributed by atoms with van der Waals surface area (Å²) in [5, 5.41) is 0. The molecule has 1 fully saturated rings. The number of aromatic amines is 1. The molecule has 1 aliphatic heterocycles. The van der Waals surface area contributed by atoms with E-state index in [0.717, 1.165) is 48.3 Å². The van der Waals surface area contributed by atoms with Crippen LogP contribution in [0.3, 0.4) is 0 Å². The Morgan fingerprint density at radius 3 is 3.04 bits per heavy atom. The van der Waals surface area contributed by atoms with Crippen LogP contribution in [0.25, 0.3) is 11.0 Å². The molecule has 140 valence electrons. The molecule has 0 saturated carbocycles. The van der Waals surface area contributed by atoms with Crippen LogP contribution >= 0.6 is 0 Å². The molecule has 3 aromatic rings. The quantitative estimate of drug-likeness (QED) is 0.748. The van der Waals surface area contributed by atoms with Gasteiger partial charge in [0, 0.05) is 37.3 Å². The molecule has 1 aromatic carbocycles. The largest absolute Gasteiger partial charge is 0.496 e. The van der Waals surface area contributed by atoms with Gasteiger partial charge in [0.15, 0.2) is 0 Å². The number of ether oxygens (including phenoxy) is 1. The van der Waals surface area contributed by atoms with Crippen LogP contribution in [0, 0.1) is 0 Å². The first-order chi connectivity index (χ1) is 13.2. The summed E-state index contributed by atoms with van der Waals surface area (Å²) in [6.07, 6.45) is 5.17. The third kappa shape index (κ3) is 3.82. The van der Waals surface area contributed by atoms with Crippen molar-refractivity contribution in [1.29, 1.82) is 0 Å². The number of benzene rings is 1. The number of fused-ring (bicyclic) bond motifs is 1. The Labute approximate surface area is 159 Å². The van der Waals surface area contributed by atoms with Crippen LogP contribution < -0.4 is 4.74 Å². The highest BCUT2D eigenvalue weighted by molar-refractivity contribution is 5.77. The van der Waals surface area contributed by atoms with Crippen molar-refractivity contribution in [3.05, 3.63) is 59.9 Å². The third-order valence-corrected chi connectivity index (χ3v) is 5.42. The first-order valence-electron chi connectivity index (χ1n) is 9.58. The molecule has 0 radical (unpaired) electrons. The number of para-hydroxylation sites is 1. The van der Waals surface area contributed by atoms with E-state index in [0.29, 0.717) is 18.8 Å². The number of nitrogens with one attached hydrogen (secondary N) is 1. The molecule has 2 aromatic heterocycles. The summed E-state index contributed by atoms with van der Waals surface area (Å²) in [4.78, 5) is 22.7. The predicted molar refractivity (Wildman–Crippen MR) is 106 cm³/mol. The topological polar surface area (TPSA) is 58.2 Å². The predicted octanol–water partition coefficient (Wildman–Crippen LogP) is 3.91. The SMILES string of the molecule is COc1ccccc1CCC(=O)N1CCC[C@@H](c2cc3ncccc3[nH]2)C1. The number of amides is 1. The molecule has 1 saturated heterocycles. The van der Waals surface area contributed by atoms with Gasteiger partial charge in [-0.2, -0.15) is 0 Å². The zero-order valence-corrected chi connectivity index (χ0v) is 15.6. The summed E-state index contributed by atoms with van der Waals surface area (Å²) in [5.41, 5.74) is 4.33. The molecular weight excluding hydrogens is 338 g/mol. The van der Waals surface area contributed by atoms with Crippen LogP contribution in [-0.4, -0.2) is 41.0 Å². The van der Waals surface area contributed by atoms with Gasteiger partial charge in [-0.05, 0) is 49.1 Å². The van der Waals surface area contributed by atoms with Gasteiger partial charge in [-0.15, -0.1) is 0 Å². The second kappa shape index (κ2) is 7.82. The number of methoxy groups -OCH3 is 1. The molecule has 1 N–H and O–H groups in total. The van der Waals surface area contributed by atoms with E-state index in [1.807, 2.05) is 47.5 Å². The minimum absolute atomic E-state index is 0.222. The molecule has 0 aliphatic carbocycles. The minimum Gasteiger partial charge on any atom is -0.496 e. The Hall–Kier alpha value is -2.82. The number of piperidine rings is 1.